The molecule has 1 aromatic carbocycles. The van der Waals surface area contributed by atoms with Gasteiger partial charge >= 0.3 is 23.9 Å². The number of hydrogen-bond acceptors (Lipinski definition) is 10. The molecular formula is C23H25ClO10. The summed E-state index contributed by atoms with van der Waals surface area (Å²) >= 11 is 6.00. The Morgan fingerprint density at radius 2 is 1.35 bits per heavy atom. The number of methoxy groups -OCH3 is 4. The van der Waals surface area contributed by atoms with E-state index < -0.39 is 64.8 Å². The Bertz CT molecular complexity index is 1030. The Labute approximate surface area is 200 Å². The quantitative estimate of drug-likeness (QED) is 0.454. The normalized spacial score (nSPS) is 30.2. The minimum Gasteiger partial charge on any atom is -0.511 e. The van der Waals surface area contributed by atoms with Gasteiger partial charge in [-0.2, -0.15) is 0 Å². The third-order valence-corrected chi connectivity index (χ3v) is 6.99. The molecule has 34 heavy (non-hydrogen) atoms. The fourth-order valence-electron chi connectivity index (χ4n) is 5.37. The van der Waals surface area contributed by atoms with Gasteiger partial charge in [0.1, 0.15) is 17.3 Å². The number of ether oxygens (including phenoxy) is 4. The maximum absolute atomic E-state index is 13.1. The molecule has 0 saturated heterocycles. The third-order valence-electron chi connectivity index (χ3n) is 6.74. The van der Waals surface area contributed by atoms with Crippen molar-refractivity contribution in [2.75, 3.05) is 28.4 Å². The molecule has 2 bridgehead atoms. The van der Waals surface area contributed by atoms with E-state index in [1.807, 2.05) is 0 Å². The van der Waals surface area contributed by atoms with Gasteiger partial charge in [0, 0.05) is 16.9 Å². The lowest BCUT2D eigenvalue weighted by Crippen LogP contribution is -2.68. The molecule has 0 amide bonds. The first-order valence-electron chi connectivity index (χ1n) is 10.3. The first kappa shape index (κ1) is 25.5. The highest BCUT2D eigenvalue weighted by Crippen LogP contribution is 2.60. The highest BCUT2D eigenvalue weighted by Gasteiger charge is 2.71. The van der Waals surface area contributed by atoms with E-state index in [4.69, 9.17) is 30.5 Å². The van der Waals surface area contributed by atoms with E-state index in [0.29, 0.717) is 10.6 Å². The number of carbonyl (C=O) groups excluding carboxylic acids is 4. The number of aliphatic hydroxyl groups excluding tert-OH is 1. The van der Waals surface area contributed by atoms with Gasteiger partial charge in [0.2, 0.25) is 0 Å². The molecule has 11 heteroatoms. The van der Waals surface area contributed by atoms with Crippen LogP contribution in [-0.2, 0) is 38.1 Å². The van der Waals surface area contributed by atoms with Crippen molar-refractivity contribution in [1.82, 2.24) is 0 Å². The number of benzene rings is 1. The van der Waals surface area contributed by atoms with E-state index in [-0.39, 0.29) is 12.0 Å². The van der Waals surface area contributed by atoms with Crippen molar-refractivity contribution in [3.8, 4) is 0 Å². The monoisotopic (exact) mass is 496 g/mol. The SMILES string of the molecule is COC(=O)C1=C(O)C(C(=O)OC)[C@]2(O)[C@@H](C(=O)OC)[C@@H]1C[C@H](c1ccc(Cl)cc1)[C@@H]2C(=O)OC. The van der Waals surface area contributed by atoms with Crippen LogP contribution < -0.4 is 0 Å². The molecule has 3 rings (SSSR count). The van der Waals surface area contributed by atoms with Gasteiger partial charge in [0.15, 0.2) is 0 Å². The van der Waals surface area contributed by atoms with Crippen LogP contribution in [0.1, 0.15) is 17.9 Å². The lowest BCUT2D eigenvalue weighted by Gasteiger charge is -2.55. The second-order valence-electron chi connectivity index (χ2n) is 8.14. The van der Waals surface area contributed by atoms with Crippen molar-refractivity contribution in [2.45, 2.75) is 17.9 Å². The molecule has 10 nitrogen and oxygen atoms in total. The van der Waals surface area contributed by atoms with Crippen molar-refractivity contribution in [3.63, 3.8) is 0 Å². The summed E-state index contributed by atoms with van der Waals surface area (Å²) < 4.78 is 19.4. The molecule has 2 aliphatic carbocycles. The van der Waals surface area contributed by atoms with Gasteiger partial charge < -0.3 is 29.2 Å². The van der Waals surface area contributed by atoms with Crippen LogP contribution in [0.25, 0.3) is 0 Å². The highest BCUT2D eigenvalue weighted by atomic mass is 35.5. The summed E-state index contributed by atoms with van der Waals surface area (Å²) in [5.41, 5.74) is -2.41. The van der Waals surface area contributed by atoms with Crippen molar-refractivity contribution in [3.05, 3.63) is 46.2 Å². The third kappa shape index (κ3) is 3.80. The van der Waals surface area contributed by atoms with Gasteiger partial charge in [0.25, 0.3) is 0 Å². The number of carbonyl (C=O) groups is 4. The fourth-order valence-corrected chi connectivity index (χ4v) is 5.50. The largest absolute Gasteiger partial charge is 0.511 e. The number of fused-ring (bicyclic) bond motifs is 2. The summed E-state index contributed by atoms with van der Waals surface area (Å²) in [5.74, 6) is -12.0. The molecule has 1 aromatic rings. The van der Waals surface area contributed by atoms with Crippen LogP contribution in [0.4, 0.5) is 0 Å². The van der Waals surface area contributed by atoms with Crippen LogP contribution in [0.3, 0.4) is 0 Å². The fraction of sp³-hybridized carbons (Fsp3) is 0.478. The number of halogens is 1. The van der Waals surface area contributed by atoms with Crippen molar-refractivity contribution in [2.24, 2.45) is 23.7 Å². The van der Waals surface area contributed by atoms with Crippen LogP contribution in [0, 0.1) is 23.7 Å². The predicted molar refractivity (Wildman–Crippen MR) is 115 cm³/mol. The molecule has 184 valence electrons. The minimum atomic E-state index is -2.57. The molecule has 0 heterocycles. The van der Waals surface area contributed by atoms with E-state index >= 15 is 0 Å². The summed E-state index contributed by atoms with van der Waals surface area (Å²) in [6.07, 6.45) is -0.0636. The number of aliphatic hydroxyl groups is 2. The second kappa shape index (κ2) is 9.63. The average molecular weight is 497 g/mol. The van der Waals surface area contributed by atoms with Crippen LogP contribution in [0.15, 0.2) is 35.6 Å². The first-order valence-corrected chi connectivity index (χ1v) is 10.7. The van der Waals surface area contributed by atoms with Gasteiger partial charge in [-0.25, -0.2) is 4.79 Å². The lowest BCUT2D eigenvalue weighted by molar-refractivity contribution is -0.208. The van der Waals surface area contributed by atoms with Crippen molar-refractivity contribution < 1.29 is 48.3 Å². The Morgan fingerprint density at radius 3 is 1.82 bits per heavy atom. The molecule has 1 saturated carbocycles. The van der Waals surface area contributed by atoms with Crippen LogP contribution in [-0.4, -0.2) is 68.1 Å². The van der Waals surface area contributed by atoms with E-state index in [1.54, 1.807) is 24.3 Å². The van der Waals surface area contributed by atoms with E-state index in [0.717, 1.165) is 28.4 Å². The molecular weight excluding hydrogens is 472 g/mol. The van der Waals surface area contributed by atoms with Gasteiger partial charge in [-0.05, 0) is 24.1 Å². The first-order chi connectivity index (χ1) is 16.1. The van der Waals surface area contributed by atoms with E-state index in [9.17, 15) is 29.4 Å². The van der Waals surface area contributed by atoms with Crippen LogP contribution in [0.5, 0.6) is 0 Å². The Hall–Kier alpha value is -3.11. The standard InChI is InChI=1S/C23H25ClO10/c1-31-19(26)14-13-9-12(10-5-7-11(24)8-6-10)15(20(27)32-2)23(30,16(13)21(28)33-3)17(18(14)25)22(29)34-4/h5-8,12-13,15-17,25,30H,9H2,1-4H3/t12-,13-,15-,16-,17?,23-/m1/s1. The number of rotatable bonds is 5. The maximum Gasteiger partial charge on any atom is 0.337 e. The van der Waals surface area contributed by atoms with Gasteiger partial charge in [-0.1, -0.05) is 23.7 Å². The lowest BCUT2D eigenvalue weighted by atomic mass is 9.49. The highest BCUT2D eigenvalue weighted by molar-refractivity contribution is 6.30. The molecule has 1 fully saturated rings. The zero-order valence-electron chi connectivity index (χ0n) is 18.9. The van der Waals surface area contributed by atoms with Crippen LogP contribution >= 0.6 is 11.6 Å². The summed E-state index contributed by atoms with van der Waals surface area (Å²) in [5, 5.41) is 23.6. The smallest absolute Gasteiger partial charge is 0.337 e. The summed E-state index contributed by atoms with van der Waals surface area (Å²) in [7, 11) is 4.23. The van der Waals surface area contributed by atoms with E-state index in [1.165, 1.54) is 0 Å². The van der Waals surface area contributed by atoms with Gasteiger partial charge in [-0.15, -0.1) is 0 Å². The molecule has 2 aliphatic rings. The number of esters is 4. The topological polar surface area (TPSA) is 146 Å². The van der Waals surface area contributed by atoms with Crippen molar-refractivity contribution in [1.29, 1.82) is 0 Å². The summed E-state index contributed by atoms with van der Waals surface area (Å²) in [6, 6.07) is 6.39. The average Bonchev–Trinajstić information content (AvgIpc) is 2.82. The second-order valence-corrected chi connectivity index (χ2v) is 8.57. The molecule has 0 aliphatic heterocycles. The van der Waals surface area contributed by atoms with Gasteiger partial charge in [-0.3, -0.25) is 14.4 Å². The molecule has 0 spiro atoms. The molecule has 6 atom stereocenters. The predicted octanol–water partition coefficient (Wildman–Crippen LogP) is 1.54. The zero-order chi connectivity index (χ0) is 25.4. The maximum atomic E-state index is 13.1. The van der Waals surface area contributed by atoms with Crippen LogP contribution in [0.2, 0.25) is 5.02 Å². The minimum absolute atomic E-state index is 0.0636. The number of hydrogen-bond donors (Lipinski definition) is 2. The molecule has 2 N–H and O–H groups in total. The van der Waals surface area contributed by atoms with E-state index in [2.05, 4.69) is 0 Å². The summed E-state index contributed by atoms with van der Waals surface area (Å²) in [6.45, 7) is 0. The molecule has 0 radical (unpaired) electrons. The van der Waals surface area contributed by atoms with Crippen molar-refractivity contribution >= 4 is 35.5 Å². The van der Waals surface area contributed by atoms with Gasteiger partial charge in [0.05, 0.1) is 45.8 Å². The molecule has 1 unspecified atom stereocenters. The zero-order valence-corrected chi connectivity index (χ0v) is 19.7. The summed E-state index contributed by atoms with van der Waals surface area (Å²) in [4.78, 5) is 51.7. The Morgan fingerprint density at radius 1 is 0.853 bits per heavy atom. The Kier molecular flexibility index (Phi) is 7.23. The molecule has 0 aromatic heterocycles. The Balaban J connectivity index is 2.40.